The molecule has 7 heteroatoms. The quantitative estimate of drug-likeness (QED) is 0.742. The Kier molecular flexibility index (Phi) is 4.44. The fourth-order valence-electron chi connectivity index (χ4n) is 1.29. The maximum absolute atomic E-state index is 12.4. The molecule has 0 aliphatic heterocycles. The molecule has 0 aromatic carbocycles. The highest BCUT2D eigenvalue weighted by Gasteiger charge is 2.32. The van der Waals surface area contributed by atoms with E-state index in [-0.39, 0.29) is 18.6 Å². The van der Waals surface area contributed by atoms with E-state index < -0.39 is 23.9 Å². The molecule has 1 aromatic rings. The number of halogens is 3. The molecule has 0 bridgehead atoms. The zero-order valence-corrected chi connectivity index (χ0v) is 8.72. The van der Waals surface area contributed by atoms with Crippen molar-refractivity contribution in [2.24, 2.45) is 0 Å². The lowest BCUT2D eigenvalue weighted by molar-refractivity contribution is -0.138. The van der Waals surface area contributed by atoms with Crippen LogP contribution in [0.5, 0.6) is 0 Å². The summed E-state index contributed by atoms with van der Waals surface area (Å²) in [7, 11) is 0. The molecular weight excluding hydrogens is 239 g/mol. The van der Waals surface area contributed by atoms with E-state index in [9.17, 15) is 23.4 Å². The number of rotatable bonds is 4. The van der Waals surface area contributed by atoms with Gasteiger partial charge in [-0.25, -0.2) is 0 Å². The Morgan fingerprint density at radius 3 is 2.41 bits per heavy atom. The van der Waals surface area contributed by atoms with Crippen molar-refractivity contribution in [2.45, 2.75) is 24.8 Å². The number of aromatic nitrogens is 1. The van der Waals surface area contributed by atoms with Gasteiger partial charge >= 0.3 is 6.18 Å². The number of pyridine rings is 1. The molecule has 0 saturated carbocycles. The van der Waals surface area contributed by atoms with Crippen molar-refractivity contribution in [3.63, 3.8) is 0 Å². The van der Waals surface area contributed by atoms with Gasteiger partial charge in [0.25, 0.3) is 0 Å². The number of alkyl halides is 3. The number of hydrogen-bond donors (Lipinski definition) is 3. The standard InChI is InChI=1S/C10H12F3NO3/c11-10(12,13)7-3-6(4-14-5-7)9(17)8(16)1-2-15/h3-5,8-9,15-17H,1-2H2. The molecule has 17 heavy (non-hydrogen) atoms. The molecule has 2 atom stereocenters. The summed E-state index contributed by atoms with van der Waals surface area (Å²) in [6, 6.07) is 0.720. The average molecular weight is 251 g/mol. The minimum Gasteiger partial charge on any atom is -0.396 e. The van der Waals surface area contributed by atoms with Gasteiger partial charge in [-0.15, -0.1) is 0 Å². The Labute approximate surface area is 95.4 Å². The van der Waals surface area contributed by atoms with Crippen molar-refractivity contribution in [3.05, 3.63) is 29.6 Å². The van der Waals surface area contributed by atoms with Gasteiger partial charge in [-0.1, -0.05) is 0 Å². The predicted molar refractivity (Wildman–Crippen MR) is 51.9 cm³/mol. The van der Waals surface area contributed by atoms with Gasteiger partial charge in [0, 0.05) is 24.6 Å². The van der Waals surface area contributed by atoms with Gasteiger partial charge in [0.15, 0.2) is 0 Å². The third-order valence-corrected chi connectivity index (χ3v) is 2.22. The van der Waals surface area contributed by atoms with Crippen LogP contribution in [-0.4, -0.2) is 33.0 Å². The second kappa shape index (κ2) is 5.44. The van der Waals surface area contributed by atoms with Gasteiger partial charge in [0.1, 0.15) is 6.10 Å². The summed E-state index contributed by atoms with van der Waals surface area (Å²) >= 11 is 0. The molecule has 0 fully saturated rings. The molecule has 4 nitrogen and oxygen atoms in total. The highest BCUT2D eigenvalue weighted by atomic mass is 19.4. The monoisotopic (exact) mass is 251 g/mol. The fraction of sp³-hybridized carbons (Fsp3) is 0.500. The van der Waals surface area contributed by atoms with E-state index >= 15 is 0 Å². The summed E-state index contributed by atoms with van der Waals surface area (Å²) in [5, 5.41) is 27.4. The molecule has 0 amide bonds. The first-order valence-corrected chi connectivity index (χ1v) is 4.85. The number of hydrogen-bond acceptors (Lipinski definition) is 4. The average Bonchev–Trinajstić information content (AvgIpc) is 2.27. The predicted octanol–water partition coefficient (Wildman–Crippen LogP) is 0.877. The summed E-state index contributed by atoms with van der Waals surface area (Å²) in [5.74, 6) is 0. The van der Waals surface area contributed by atoms with Gasteiger partial charge in [-0.2, -0.15) is 13.2 Å². The second-order valence-corrected chi connectivity index (χ2v) is 3.53. The van der Waals surface area contributed by atoms with Gasteiger partial charge in [-0.05, 0) is 12.5 Å². The van der Waals surface area contributed by atoms with Gasteiger partial charge in [-0.3, -0.25) is 4.98 Å². The Morgan fingerprint density at radius 1 is 1.24 bits per heavy atom. The molecule has 0 aliphatic rings. The lowest BCUT2D eigenvalue weighted by Crippen LogP contribution is -2.20. The maximum Gasteiger partial charge on any atom is 0.417 e. The molecule has 2 unspecified atom stereocenters. The Balaban J connectivity index is 2.92. The summed E-state index contributed by atoms with van der Waals surface area (Å²) in [6.07, 6.45) is -5.83. The van der Waals surface area contributed by atoms with Crippen molar-refractivity contribution < 1.29 is 28.5 Å². The van der Waals surface area contributed by atoms with Crippen LogP contribution in [-0.2, 0) is 6.18 Å². The normalized spacial score (nSPS) is 15.6. The van der Waals surface area contributed by atoms with E-state index in [1.807, 2.05) is 0 Å². The van der Waals surface area contributed by atoms with Crippen LogP contribution in [0.15, 0.2) is 18.5 Å². The number of aliphatic hydroxyl groups is 3. The van der Waals surface area contributed by atoms with E-state index in [1.165, 1.54) is 0 Å². The minimum atomic E-state index is -4.55. The van der Waals surface area contributed by atoms with E-state index in [0.29, 0.717) is 6.20 Å². The molecule has 0 radical (unpaired) electrons. The molecule has 1 aromatic heterocycles. The third kappa shape index (κ3) is 3.65. The first-order valence-electron chi connectivity index (χ1n) is 4.85. The van der Waals surface area contributed by atoms with Crippen molar-refractivity contribution in [1.29, 1.82) is 0 Å². The summed E-state index contributed by atoms with van der Waals surface area (Å²) in [5.41, 5.74) is -1.13. The van der Waals surface area contributed by atoms with Crippen LogP contribution in [0, 0.1) is 0 Å². The SMILES string of the molecule is OCCC(O)C(O)c1cncc(C(F)(F)F)c1. The summed E-state index contributed by atoms with van der Waals surface area (Å²) in [4.78, 5) is 3.36. The Hall–Kier alpha value is -1.18. The first kappa shape index (κ1) is 13.9. The topological polar surface area (TPSA) is 73.6 Å². The van der Waals surface area contributed by atoms with Crippen LogP contribution in [0.4, 0.5) is 13.2 Å². The Morgan fingerprint density at radius 2 is 1.88 bits per heavy atom. The first-order chi connectivity index (χ1) is 7.86. The fourth-order valence-corrected chi connectivity index (χ4v) is 1.29. The molecular formula is C10H12F3NO3. The van der Waals surface area contributed by atoms with E-state index in [0.717, 1.165) is 12.3 Å². The molecule has 0 saturated heterocycles. The largest absolute Gasteiger partial charge is 0.417 e. The minimum absolute atomic E-state index is 0.128. The molecule has 3 N–H and O–H groups in total. The smallest absolute Gasteiger partial charge is 0.396 e. The Bertz CT molecular complexity index is 370. The zero-order chi connectivity index (χ0) is 13.1. The van der Waals surface area contributed by atoms with Crippen LogP contribution in [0.1, 0.15) is 23.7 Å². The van der Waals surface area contributed by atoms with Crippen LogP contribution < -0.4 is 0 Å². The molecule has 0 aliphatic carbocycles. The maximum atomic E-state index is 12.4. The van der Waals surface area contributed by atoms with Gasteiger partial charge in [0.05, 0.1) is 11.7 Å². The summed E-state index contributed by atoms with van der Waals surface area (Å²) < 4.78 is 37.1. The van der Waals surface area contributed by atoms with Crippen LogP contribution in [0.2, 0.25) is 0 Å². The van der Waals surface area contributed by atoms with Crippen molar-refractivity contribution in [2.75, 3.05) is 6.61 Å². The lowest BCUT2D eigenvalue weighted by atomic mass is 10.0. The zero-order valence-electron chi connectivity index (χ0n) is 8.72. The van der Waals surface area contributed by atoms with Crippen LogP contribution >= 0.6 is 0 Å². The van der Waals surface area contributed by atoms with Crippen molar-refractivity contribution in [3.8, 4) is 0 Å². The molecule has 1 heterocycles. The van der Waals surface area contributed by atoms with Crippen LogP contribution in [0.25, 0.3) is 0 Å². The molecule has 0 spiro atoms. The highest BCUT2D eigenvalue weighted by Crippen LogP contribution is 2.30. The van der Waals surface area contributed by atoms with E-state index in [2.05, 4.69) is 4.98 Å². The van der Waals surface area contributed by atoms with Crippen LogP contribution in [0.3, 0.4) is 0 Å². The highest BCUT2D eigenvalue weighted by molar-refractivity contribution is 5.23. The van der Waals surface area contributed by atoms with Crippen molar-refractivity contribution >= 4 is 0 Å². The lowest BCUT2D eigenvalue weighted by Gasteiger charge is -2.17. The van der Waals surface area contributed by atoms with Gasteiger partial charge < -0.3 is 15.3 Å². The molecule has 1 rings (SSSR count). The third-order valence-electron chi connectivity index (χ3n) is 2.22. The number of nitrogens with zero attached hydrogens (tertiary/aromatic N) is 1. The molecule has 96 valence electrons. The summed E-state index contributed by atoms with van der Waals surface area (Å²) in [6.45, 7) is -0.370. The van der Waals surface area contributed by atoms with Gasteiger partial charge in [0.2, 0.25) is 0 Å². The van der Waals surface area contributed by atoms with Crippen molar-refractivity contribution in [1.82, 2.24) is 4.98 Å². The van der Waals surface area contributed by atoms with E-state index in [1.54, 1.807) is 0 Å². The second-order valence-electron chi connectivity index (χ2n) is 3.53. The van der Waals surface area contributed by atoms with E-state index in [4.69, 9.17) is 5.11 Å². The number of aliphatic hydroxyl groups excluding tert-OH is 3.